The summed E-state index contributed by atoms with van der Waals surface area (Å²) >= 11 is 12.0. The molecule has 112 valence electrons. The largest absolute Gasteiger partial charge is 0.360 e. The molecule has 0 atom stereocenters. The molecule has 0 bridgehead atoms. The highest BCUT2D eigenvalue weighted by atomic mass is 35.5. The first kappa shape index (κ1) is 14.6. The van der Waals surface area contributed by atoms with E-state index in [0.717, 1.165) is 0 Å². The number of halogens is 2. The summed E-state index contributed by atoms with van der Waals surface area (Å²) in [5, 5.41) is 18.5. The van der Waals surface area contributed by atoms with Gasteiger partial charge in [0.25, 0.3) is 0 Å². The van der Waals surface area contributed by atoms with E-state index in [1.54, 1.807) is 31.2 Å². The van der Waals surface area contributed by atoms with Crippen LogP contribution in [-0.4, -0.2) is 20.3 Å². The molecule has 3 aromatic rings. The maximum atomic E-state index is 6.08. The number of nitrogens with one attached hydrogen (secondary N) is 2. The van der Waals surface area contributed by atoms with Gasteiger partial charge in [0.05, 0.1) is 16.9 Å². The quantitative estimate of drug-likeness (QED) is 0.745. The number of aromatic nitrogens is 4. The standard InChI is InChI=1S/C13H10Cl2N6O/c1-7-4-11(21-22-7)18-12-6-16-20-13(19-12)17-10-5-8(14)2-3-9(10)15/h2-6H,1H3,(H2,17,18,19,20,21). The third-order valence-corrected chi connectivity index (χ3v) is 3.18. The van der Waals surface area contributed by atoms with E-state index in [1.165, 1.54) is 6.20 Å². The predicted molar refractivity (Wildman–Crippen MR) is 84.1 cm³/mol. The lowest BCUT2D eigenvalue weighted by Crippen LogP contribution is -2.02. The van der Waals surface area contributed by atoms with Crippen molar-refractivity contribution >= 4 is 46.5 Å². The van der Waals surface area contributed by atoms with Gasteiger partial charge in [0.15, 0.2) is 11.6 Å². The molecule has 22 heavy (non-hydrogen) atoms. The molecule has 0 spiro atoms. The van der Waals surface area contributed by atoms with E-state index in [0.29, 0.717) is 33.1 Å². The van der Waals surface area contributed by atoms with Crippen molar-refractivity contribution in [2.45, 2.75) is 6.92 Å². The van der Waals surface area contributed by atoms with Crippen LogP contribution in [0.4, 0.5) is 23.3 Å². The topological polar surface area (TPSA) is 88.8 Å². The van der Waals surface area contributed by atoms with Crippen molar-refractivity contribution in [3.05, 3.63) is 46.3 Å². The number of anilines is 4. The van der Waals surface area contributed by atoms with Gasteiger partial charge in [-0.2, -0.15) is 10.1 Å². The number of hydrogen-bond donors (Lipinski definition) is 2. The molecule has 0 saturated carbocycles. The van der Waals surface area contributed by atoms with Crippen LogP contribution in [0.1, 0.15) is 5.76 Å². The molecule has 1 aromatic carbocycles. The summed E-state index contributed by atoms with van der Waals surface area (Å²) in [4.78, 5) is 4.26. The van der Waals surface area contributed by atoms with Gasteiger partial charge >= 0.3 is 0 Å². The lowest BCUT2D eigenvalue weighted by molar-refractivity contribution is 0.400. The molecular formula is C13H10Cl2N6O. The van der Waals surface area contributed by atoms with Gasteiger partial charge in [-0.1, -0.05) is 28.4 Å². The summed E-state index contributed by atoms with van der Waals surface area (Å²) in [6.07, 6.45) is 1.47. The predicted octanol–water partition coefficient (Wildman–Crippen LogP) is 3.96. The highest BCUT2D eigenvalue weighted by molar-refractivity contribution is 6.35. The van der Waals surface area contributed by atoms with Crippen LogP contribution < -0.4 is 10.6 Å². The Bertz CT molecular complexity index is 807. The van der Waals surface area contributed by atoms with Crippen molar-refractivity contribution in [1.29, 1.82) is 0 Å². The molecule has 2 heterocycles. The molecular weight excluding hydrogens is 327 g/mol. The van der Waals surface area contributed by atoms with Crippen molar-refractivity contribution < 1.29 is 4.52 Å². The number of hydrogen-bond acceptors (Lipinski definition) is 7. The van der Waals surface area contributed by atoms with E-state index < -0.39 is 0 Å². The van der Waals surface area contributed by atoms with Gasteiger partial charge in [-0.15, -0.1) is 5.10 Å². The first-order chi connectivity index (χ1) is 10.6. The van der Waals surface area contributed by atoms with Crippen molar-refractivity contribution in [2.75, 3.05) is 10.6 Å². The zero-order valence-corrected chi connectivity index (χ0v) is 12.9. The average molecular weight is 337 g/mol. The highest BCUT2D eigenvalue weighted by Crippen LogP contribution is 2.27. The van der Waals surface area contributed by atoms with Crippen LogP contribution in [0.15, 0.2) is 35.0 Å². The third-order valence-electron chi connectivity index (χ3n) is 2.62. The van der Waals surface area contributed by atoms with Crippen LogP contribution in [0, 0.1) is 6.92 Å². The summed E-state index contributed by atoms with van der Waals surface area (Å²) < 4.78 is 4.97. The fourth-order valence-electron chi connectivity index (χ4n) is 1.69. The first-order valence-corrected chi connectivity index (χ1v) is 6.98. The minimum atomic E-state index is 0.273. The molecule has 0 radical (unpaired) electrons. The van der Waals surface area contributed by atoms with E-state index in [4.69, 9.17) is 27.7 Å². The molecule has 3 rings (SSSR count). The van der Waals surface area contributed by atoms with Gasteiger partial charge in [-0.05, 0) is 25.1 Å². The van der Waals surface area contributed by atoms with Gasteiger partial charge in [-0.3, -0.25) is 0 Å². The van der Waals surface area contributed by atoms with Crippen LogP contribution in [-0.2, 0) is 0 Å². The molecule has 0 fully saturated rings. The smallest absolute Gasteiger partial charge is 0.249 e. The summed E-state index contributed by atoms with van der Waals surface area (Å²) in [5.74, 6) is 1.96. The monoisotopic (exact) mass is 336 g/mol. The number of benzene rings is 1. The number of aryl methyl sites for hydroxylation is 1. The maximum Gasteiger partial charge on any atom is 0.249 e. The lowest BCUT2D eigenvalue weighted by atomic mass is 10.3. The van der Waals surface area contributed by atoms with Crippen LogP contribution in [0.3, 0.4) is 0 Å². The molecule has 0 saturated heterocycles. The van der Waals surface area contributed by atoms with Crippen molar-refractivity contribution in [3.63, 3.8) is 0 Å². The van der Waals surface area contributed by atoms with Crippen molar-refractivity contribution in [1.82, 2.24) is 20.3 Å². The molecule has 9 heteroatoms. The van der Waals surface area contributed by atoms with E-state index >= 15 is 0 Å². The van der Waals surface area contributed by atoms with Crippen LogP contribution in [0.2, 0.25) is 10.0 Å². The minimum absolute atomic E-state index is 0.273. The van der Waals surface area contributed by atoms with E-state index in [2.05, 4.69) is 31.0 Å². The Morgan fingerprint density at radius 2 is 1.95 bits per heavy atom. The third kappa shape index (κ3) is 3.44. The average Bonchev–Trinajstić information content (AvgIpc) is 2.88. The Hall–Kier alpha value is -2.38. The Kier molecular flexibility index (Phi) is 4.08. The van der Waals surface area contributed by atoms with Gasteiger partial charge < -0.3 is 15.2 Å². The van der Waals surface area contributed by atoms with Crippen LogP contribution in [0.5, 0.6) is 0 Å². The van der Waals surface area contributed by atoms with E-state index in [1.807, 2.05) is 0 Å². The second-order valence-corrected chi connectivity index (χ2v) is 5.21. The fourth-order valence-corrected chi connectivity index (χ4v) is 2.02. The molecule has 2 aromatic heterocycles. The molecule has 0 unspecified atom stereocenters. The Balaban J connectivity index is 1.80. The van der Waals surface area contributed by atoms with Crippen LogP contribution >= 0.6 is 23.2 Å². The minimum Gasteiger partial charge on any atom is -0.360 e. The zero-order chi connectivity index (χ0) is 15.5. The van der Waals surface area contributed by atoms with Crippen molar-refractivity contribution in [2.24, 2.45) is 0 Å². The zero-order valence-electron chi connectivity index (χ0n) is 11.3. The Morgan fingerprint density at radius 3 is 2.73 bits per heavy atom. The summed E-state index contributed by atoms with van der Waals surface area (Å²) in [5.41, 5.74) is 0.588. The fraction of sp³-hybridized carbons (Fsp3) is 0.0769. The van der Waals surface area contributed by atoms with Gasteiger partial charge in [-0.25, -0.2) is 0 Å². The SMILES string of the molecule is Cc1cc(Nc2cnnc(Nc3cc(Cl)ccc3Cl)n2)no1. The maximum absolute atomic E-state index is 6.08. The number of rotatable bonds is 4. The van der Waals surface area contributed by atoms with E-state index in [9.17, 15) is 0 Å². The van der Waals surface area contributed by atoms with Gasteiger partial charge in [0.1, 0.15) is 5.76 Å². The molecule has 0 aliphatic carbocycles. The van der Waals surface area contributed by atoms with Gasteiger partial charge in [0, 0.05) is 11.1 Å². The first-order valence-electron chi connectivity index (χ1n) is 6.22. The Labute approximate surface area is 135 Å². The molecule has 2 N–H and O–H groups in total. The molecule has 0 aliphatic rings. The number of nitrogens with zero attached hydrogens (tertiary/aromatic N) is 4. The second-order valence-electron chi connectivity index (χ2n) is 4.36. The van der Waals surface area contributed by atoms with Crippen LogP contribution in [0.25, 0.3) is 0 Å². The molecule has 0 amide bonds. The van der Waals surface area contributed by atoms with Gasteiger partial charge in [0.2, 0.25) is 5.95 Å². The Morgan fingerprint density at radius 1 is 1.09 bits per heavy atom. The molecule has 0 aliphatic heterocycles. The lowest BCUT2D eigenvalue weighted by Gasteiger charge is -2.07. The summed E-state index contributed by atoms with van der Waals surface area (Å²) in [6.45, 7) is 1.80. The summed E-state index contributed by atoms with van der Waals surface area (Å²) in [6, 6.07) is 6.79. The van der Waals surface area contributed by atoms with Crippen molar-refractivity contribution in [3.8, 4) is 0 Å². The summed E-state index contributed by atoms with van der Waals surface area (Å²) in [7, 11) is 0. The normalized spacial score (nSPS) is 10.5. The highest BCUT2D eigenvalue weighted by Gasteiger charge is 2.07. The second kappa shape index (κ2) is 6.17. The van der Waals surface area contributed by atoms with E-state index in [-0.39, 0.29) is 5.95 Å². The molecule has 7 nitrogen and oxygen atoms in total.